The number of aliphatic carboxylic acids is 1. The molecule has 3 aromatic carbocycles. The molecule has 1 unspecified atom stereocenters. The van der Waals surface area contributed by atoms with Crippen molar-refractivity contribution in [2.75, 3.05) is 13.7 Å². The van der Waals surface area contributed by atoms with E-state index >= 15 is 0 Å². The van der Waals surface area contributed by atoms with E-state index in [2.05, 4.69) is 29.6 Å². The number of benzene rings is 3. The molecular weight excluding hydrogens is 406 g/mol. The maximum absolute atomic E-state index is 12.6. The number of carboxylic acids is 1. The molecule has 1 amide bonds. The minimum Gasteiger partial charge on any atom is -0.496 e. The van der Waals surface area contributed by atoms with E-state index in [1.807, 2.05) is 37.3 Å². The second kappa shape index (κ2) is 9.14. The number of alkyl carbamates (subject to hydrolysis) is 1. The molecular formula is C26H25NO5. The lowest BCUT2D eigenvalue weighted by Crippen LogP contribution is -2.31. The molecule has 164 valence electrons. The Kier molecular flexibility index (Phi) is 6.12. The summed E-state index contributed by atoms with van der Waals surface area (Å²) in [6, 6.07) is 20.8. The van der Waals surface area contributed by atoms with Crippen LogP contribution < -0.4 is 10.1 Å². The van der Waals surface area contributed by atoms with Crippen LogP contribution in [0.1, 0.15) is 40.6 Å². The quantitative estimate of drug-likeness (QED) is 0.546. The molecule has 32 heavy (non-hydrogen) atoms. The lowest BCUT2D eigenvalue weighted by molar-refractivity contribution is -0.137. The molecule has 0 saturated heterocycles. The Hall–Kier alpha value is -3.80. The fraction of sp³-hybridized carbons (Fsp3) is 0.231. The third-order valence-corrected chi connectivity index (χ3v) is 5.84. The highest BCUT2D eigenvalue weighted by Gasteiger charge is 2.29. The van der Waals surface area contributed by atoms with Crippen molar-refractivity contribution in [3.63, 3.8) is 0 Å². The van der Waals surface area contributed by atoms with Crippen LogP contribution in [0.25, 0.3) is 11.1 Å². The Bertz CT molecular complexity index is 1110. The van der Waals surface area contributed by atoms with Crippen molar-refractivity contribution in [2.45, 2.75) is 25.3 Å². The number of ether oxygens (including phenoxy) is 2. The van der Waals surface area contributed by atoms with E-state index in [0.29, 0.717) is 11.3 Å². The summed E-state index contributed by atoms with van der Waals surface area (Å²) in [5, 5.41) is 12.1. The van der Waals surface area contributed by atoms with Gasteiger partial charge < -0.3 is 19.9 Å². The summed E-state index contributed by atoms with van der Waals surface area (Å²) in [5.74, 6) is -0.374. The van der Waals surface area contributed by atoms with Crippen LogP contribution in [-0.4, -0.2) is 30.9 Å². The number of amides is 1. The topological polar surface area (TPSA) is 84.9 Å². The maximum atomic E-state index is 12.6. The molecule has 6 nitrogen and oxygen atoms in total. The number of nitrogens with one attached hydrogen (secondary N) is 1. The van der Waals surface area contributed by atoms with Crippen LogP contribution in [0.4, 0.5) is 4.79 Å². The summed E-state index contributed by atoms with van der Waals surface area (Å²) in [7, 11) is 1.58. The number of aryl methyl sites for hydroxylation is 1. The van der Waals surface area contributed by atoms with Crippen LogP contribution >= 0.6 is 0 Å². The van der Waals surface area contributed by atoms with Gasteiger partial charge in [-0.05, 0) is 46.4 Å². The van der Waals surface area contributed by atoms with Gasteiger partial charge in [-0.2, -0.15) is 0 Å². The summed E-state index contributed by atoms with van der Waals surface area (Å²) in [6.07, 6.45) is -0.901. The van der Waals surface area contributed by atoms with Crippen molar-refractivity contribution in [1.82, 2.24) is 5.32 Å². The number of rotatable bonds is 7. The number of carboxylic acid groups (broad SMARTS) is 1. The Morgan fingerprint density at radius 2 is 1.62 bits per heavy atom. The molecule has 0 saturated carbocycles. The zero-order valence-corrected chi connectivity index (χ0v) is 18.0. The van der Waals surface area contributed by atoms with Crippen LogP contribution in [0, 0.1) is 6.92 Å². The van der Waals surface area contributed by atoms with E-state index in [4.69, 9.17) is 9.47 Å². The third-order valence-electron chi connectivity index (χ3n) is 5.84. The first-order valence-corrected chi connectivity index (χ1v) is 10.5. The summed E-state index contributed by atoms with van der Waals surface area (Å²) in [4.78, 5) is 24.0. The van der Waals surface area contributed by atoms with Gasteiger partial charge in [-0.3, -0.25) is 4.79 Å². The van der Waals surface area contributed by atoms with E-state index in [0.717, 1.165) is 27.8 Å². The van der Waals surface area contributed by atoms with Gasteiger partial charge in [0.2, 0.25) is 0 Å². The smallest absolute Gasteiger partial charge is 0.407 e. The van der Waals surface area contributed by atoms with Gasteiger partial charge in [0.25, 0.3) is 0 Å². The van der Waals surface area contributed by atoms with E-state index in [9.17, 15) is 14.7 Å². The fourth-order valence-corrected chi connectivity index (χ4v) is 4.33. The van der Waals surface area contributed by atoms with Crippen LogP contribution in [0.15, 0.2) is 66.7 Å². The first-order valence-electron chi connectivity index (χ1n) is 10.5. The second-order valence-electron chi connectivity index (χ2n) is 7.85. The number of carbonyl (C=O) groups is 2. The van der Waals surface area contributed by atoms with Gasteiger partial charge >= 0.3 is 12.1 Å². The normalized spacial score (nSPS) is 13.1. The summed E-state index contributed by atoms with van der Waals surface area (Å²) >= 11 is 0. The van der Waals surface area contributed by atoms with Gasteiger partial charge in [-0.15, -0.1) is 0 Å². The minimum absolute atomic E-state index is 0.0608. The molecule has 0 bridgehead atoms. The minimum atomic E-state index is -1.01. The van der Waals surface area contributed by atoms with E-state index in [1.165, 1.54) is 0 Å². The molecule has 1 aliphatic rings. The zero-order valence-electron chi connectivity index (χ0n) is 18.0. The average Bonchev–Trinajstić information content (AvgIpc) is 3.10. The molecule has 2 N–H and O–H groups in total. The lowest BCUT2D eigenvalue weighted by Gasteiger charge is -2.20. The summed E-state index contributed by atoms with van der Waals surface area (Å²) < 4.78 is 10.8. The predicted octanol–water partition coefficient (Wildman–Crippen LogP) is 5.06. The largest absolute Gasteiger partial charge is 0.496 e. The molecule has 0 fully saturated rings. The summed E-state index contributed by atoms with van der Waals surface area (Å²) in [6.45, 7) is 2.04. The molecule has 3 aromatic rings. The number of methoxy groups -OCH3 is 1. The molecule has 6 heteroatoms. The average molecular weight is 431 g/mol. The Balaban J connectivity index is 1.48. The van der Waals surface area contributed by atoms with E-state index in [1.54, 1.807) is 19.2 Å². The van der Waals surface area contributed by atoms with E-state index in [-0.39, 0.29) is 18.9 Å². The van der Waals surface area contributed by atoms with Gasteiger partial charge in [-0.25, -0.2) is 4.79 Å². The standard InChI is InChI=1S/C26H25NO5/c1-16-13-17(11-12-24(16)31-2)23(14-25(28)29)27-26(30)32-15-22-20-9-5-3-7-18(20)19-8-4-6-10-21(19)22/h3-13,22-23H,14-15H2,1-2H3,(H,27,30)(H,28,29). The molecule has 0 spiro atoms. The van der Waals surface area contributed by atoms with Gasteiger partial charge in [0, 0.05) is 5.92 Å². The molecule has 0 aromatic heterocycles. The maximum Gasteiger partial charge on any atom is 0.407 e. The first kappa shape index (κ1) is 21.4. The highest BCUT2D eigenvalue weighted by Crippen LogP contribution is 2.44. The number of fused-ring (bicyclic) bond motifs is 3. The van der Waals surface area contributed by atoms with Gasteiger partial charge in [0.1, 0.15) is 12.4 Å². The Morgan fingerprint density at radius 3 is 2.19 bits per heavy atom. The van der Waals surface area contributed by atoms with Crippen LogP contribution in [0.3, 0.4) is 0 Å². The molecule has 4 rings (SSSR count). The Morgan fingerprint density at radius 1 is 1.00 bits per heavy atom. The predicted molar refractivity (Wildman–Crippen MR) is 121 cm³/mol. The van der Waals surface area contributed by atoms with Crippen molar-refractivity contribution in [3.05, 3.63) is 89.0 Å². The molecule has 1 aliphatic carbocycles. The number of hydrogen-bond donors (Lipinski definition) is 2. The van der Waals surface area contributed by atoms with Crippen LogP contribution in [0.2, 0.25) is 0 Å². The number of hydrogen-bond acceptors (Lipinski definition) is 4. The van der Waals surface area contributed by atoms with Gasteiger partial charge in [0.15, 0.2) is 0 Å². The van der Waals surface area contributed by atoms with Gasteiger partial charge in [0.05, 0.1) is 19.6 Å². The molecule has 0 aliphatic heterocycles. The van der Waals surface area contributed by atoms with Crippen molar-refractivity contribution in [1.29, 1.82) is 0 Å². The van der Waals surface area contributed by atoms with E-state index < -0.39 is 18.1 Å². The van der Waals surface area contributed by atoms with Crippen molar-refractivity contribution in [2.24, 2.45) is 0 Å². The second-order valence-corrected chi connectivity index (χ2v) is 7.85. The van der Waals surface area contributed by atoms with Gasteiger partial charge in [-0.1, -0.05) is 60.7 Å². The van der Waals surface area contributed by atoms with Crippen LogP contribution in [0.5, 0.6) is 5.75 Å². The highest BCUT2D eigenvalue weighted by molar-refractivity contribution is 5.79. The lowest BCUT2D eigenvalue weighted by atomic mass is 9.98. The monoisotopic (exact) mass is 431 g/mol. The molecule has 1 atom stereocenters. The molecule has 0 heterocycles. The van der Waals surface area contributed by atoms with Crippen molar-refractivity contribution < 1.29 is 24.2 Å². The van der Waals surface area contributed by atoms with Crippen molar-refractivity contribution >= 4 is 12.1 Å². The highest BCUT2D eigenvalue weighted by atomic mass is 16.5. The molecule has 0 radical (unpaired) electrons. The first-order chi connectivity index (χ1) is 15.5. The van der Waals surface area contributed by atoms with Crippen molar-refractivity contribution in [3.8, 4) is 16.9 Å². The number of carbonyl (C=O) groups excluding carboxylic acids is 1. The Labute approximate surface area is 186 Å². The SMILES string of the molecule is COc1ccc(C(CC(=O)O)NC(=O)OCC2c3ccccc3-c3ccccc32)cc1C. The van der Waals surface area contributed by atoms with Crippen LogP contribution in [-0.2, 0) is 9.53 Å². The zero-order chi connectivity index (χ0) is 22.7. The summed E-state index contributed by atoms with van der Waals surface area (Å²) in [5.41, 5.74) is 6.07. The third kappa shape index (κ3) is 4.30. The fourth-order valence-electron chi connectivity index (χ4n) is 4.33.